The van der Waals surface area contributed by atoms with Gasteiger partial charge < -0.3 is 19.7 Å². The highest BCUT2D eigenvalue weighted by Gasteiger charge is 2.28. The van der Waals surface area contributed by atoms with E-state index < -0.39 is 5.82 Å². The molecule has 0 unspecified atom stereocenters. The summed E-state index contributed by atoms with van der Waals surface area (Å²) < 4.78 is 25.8. The van der Waals surface area contributed by atoms with Crippen molar-refractivity contribution in [3.05, 3.63) is 24.0 Å². The number of rotatable bonds is 6. The number of halogens is 1. The van der Waals surface area contributed by atoms with E-state index in [1.165, 1.54) is 31.7 Å². The van der Waals surface area contributed by atoms with Crippen molar-refractivity contribution in [1.29, 1.82) is 0 Å². The van der Waals surface area contributed by atoms with Gasteiger partial charge in [0.15, 0.2) is 0 Å². The zero-order chi connectivity index (χ0) is 20.1. The number of nitrogens with one attached hydrogen (secondary N) is 1. The summed E-state index contributed by atoms with van der Waals surface area (Å²) in [5.74, 6) is -0.132. The lowest BCUT2D eigenvalue weighted by molar-refractivity contribution is -0.118. The van der Waals surface area contributed by atoms with Crippen LogP contribution < -0.4 is 10.1 Å². The fourth-order valence-electron chi connectivity index (χ4n) is 4.64. The van der Waals surface area contributed by atoms with Gasteiger partial charge in [-0.15, -0.1) is 0 Å². The Morgan fingerprint density at radius 3 is 2.52 bits per heavy atom. The molecule has 7 heteroatoms. The van der Waals surface area contributed by atoms with Gasteiger partial charge in [-0.3, -0.25) is 9.69 Å². The van der Waals surface area contributed by atoms with E-state index in [0.29, 0.717) is 19.0 Å². The third-order valence-corrected chi connectivity index (χ3v) is 6.31. The molecule has 4 rings (SSSR count). The number of piperidine rings is 1. The lowest BCUT2D eigenvalue weighted by Gasteiger charge is -2.36. The molecule has 1 aromatic carbocycles. The molecule has 0 aromatic heterocycles. The first-order valence-corrected chi connectivity index (χ1v) is 11.0. The van der Waals surface area contributed by atoms with Crippen LogP contribution in [0.2, 0.25) is 0 Å². The van der Waals surface area contributed by atoms with Crippen molar-refractivity contribution in [2.75, 3.05) is 51.3 Å². The summed E-state index contributed by atoms with van der Waals surface area (Å²) >= 11 is 0. The van der Waals surface area contributed by atoms with Crippen molar-refractivity contribution >= 4 is 11.6 Å². The van der Waals surface area contributed by atoms with Crippen LogP contribution in [-0.2, 0) is 9.53 Å². The van der Waals surface area contributed by atoms with Gasteiger partial charge in [0.1, 0.15) is 17.7 Å². The highest BCUT2D eigenvalue weighted by molar-refractivity contribution is 5.92. The lowest BCUT2D eigenvalue weighted by atomic mass is 10.0. The highest BCUT2D eigenvalue weighted by atomic mass is 19.1. The van der Waals surface area contributed by atoms with Gasteiger partial charge >= 0.3 is 0 Å². The van der Waals surface area contributed by atoms with Gasteiger partial charge in [-0.05, 0) is 37.8 Å². The van der Waals surface area contributed by atoms with E-state index in [4.69, 9.17) is 9.47 Å². The summed E-state index contributed by atoms with van der Waals surface area (Å²) in [5.41, 5.74) is 0.201. The summed E-state index contributed by atoms with van der Waals surface area (Å²) in [4.78, 5) is 16.8. The van der Waals surface area contributed by atoms with Crippen LogP contribution in [0.5, 0.6) is 5.75 Å². The van der Waals surface area contributed by atoms with Crippen LogP contribution in [0, 0.1) is 5.82 Å². The summed E-state index contributed by atoms with van der Waals surface area (Å²) in [5, 5.41) is 2.67. The fraction of sp³-hybridized carbons (Fsp3) is 0.682. The van der Waals surface area contributed by atoms with Gasteiger partial charge in [0.2, 0.25) is 5.91 Å². The molecule has 3 fully saturated rings. The van der Waals surface area contributed by atoms with E-state index >= 15 is 0 Å². The van der Waals surface area contributed by atoms with Crippen LogP contribution in [0.1, 0.15) is 38.5 Å². The average Bonchev–Trinajstić information content (AvgIpc) is 3.26. The van der Waals surface area contributed by atoms with Crippen LogP contribution in [0.4, 0.5) is 10.1 Å². The minimum Gasteiger partial charge on any atom is -0.490 e. The predicted molar refractivity (Wildman–Crippen MR) is 110 cm³/mol. The molecular weight excluding hydrogens is 373 g/mol. The first-order valence-electron chi connectivity index (χ1n) is 11.0. The zero-order valence-electron chi connectivity index (χ0n) is 17.1. The standard InChI is InChI=1S/C22H32FN3O3/c23-20-15-19(29-18-7-9-26(10-8-18)17-3-1-2-4-17)5-6-21(20)24-22(27)16-25-11-13-28-14-12-25/h5-6,15,17-18H,1-4,7-14,16H2,(H,24,27). The Morgan fingerprint density at radius 2 is 1.83 bits per heavy atom. The second kappa shape index (κ2) is 9.87. The average molecular weight is 406 g/mol. The minimum absolute atomic E-state index is 0.133. The van der Waals surface area contributed by atoms with E-state index in [2.05, 4.69) is 10.2 Å². The molecule has 29 heavy (non-hydrogen) atoms. The van der Waals surface area contributed by atoms with Crippen LogP contribution >= 0.6 is 0 Å². The quantitative estimate of drug-likeness (QED) is 0.789. The predicted octanol–water partition coefficient (Wildman–Crippen LogP) is 2.88. The van der Waals surface area contributed by atoms with E-state index in [9.17, 15) is 9.18 Å². The molecule has 1 amide bonds. The van der Waals surface area contributed by atoms with Gasteiger partial charge in [0.25, 0.3) is 0 Å². The number of carbonyl (C=O) groups is 1. The molecule has 2 aliphatic heterocycles. The van der Waals surface area contributed by atoms with Gasteiger partial charge in [-0.1, -0.05) is 12.8 Å². The number of likely N-dealkylation sites (tertiary alicyclic amines) is 1. The maximum Gasteiger partial charge on any atom is 0.238 e. The smallest absolute Gasteiger partial charge is 0.238 e. The largest absolute Gasteiger partial charge is 0.490 e. The maximum atomic E-state index is 14.5. The van der Waals surface area contributed by atoms with E-state index in [1.807, 2.05) is 4.90 Å². The molecule has 6 nitrogen and oxygen atoms in total. The van der Waals surface area contributed by atoms with Crippen LogP contribution in [-0.4, -0.2) is 73.8 Å². The Labute approximate surface area is 172 Å². The zero-order valence-corrected chi connectivity index (χ0v) is 17.1. The number of hydrogen-bond acceptors (Lipinski definition) is 5. The molecule has 1 N–H and O–H groups in total. The van der Waals surface area contributed by atoms with E-state index in [1.54, 1.807) is 12.1 Å². The Hall–Kier alpha value is -1.70. The number of ether oxygens (including phenoxy) is 2. The van der Waals surface area contributed by atoms with Crippen molar-refractivity contribution in [3.8, 4) is 5.75 Å². The van der Waals surface area contributed by atoms with Crippen molar-refractivity contribution in [3.63, 3.8) is 0 Å². The fourth-order valence-corrected chi connectivity index (χ4v) is 4.64. The van der Waals surface area contributed by atoms with Gasteiger partial charge in [-0.2, -0.15) is 0 Å². The topological polar surface area (TPSA) is 54.0 Å². The first-order chi connectivity index (χ1) is 14.2. The molecule has 2 heterocycles. The number of carbonyl (C=O) groups excluding carboxylic acids is 1. The third-order valence-electron chi connectivity index (χ3n) is 6.31. The third kappa shape index (κ3) is 5.68. The summed E-state index contributed by atoms with van der Waals surface area (Å²) in [6.45, 7) is 5.09. The monoisotopic (exact) mass is 405 g/mol. The number of nitrogens with zero attached hydrogens (tertiary/aromatic N) is 2. The normalized spacial score (nSPS) is 22.7. The Balaban J connectivity index is 1.24. The van der Waals surface area contributed by atoms with Crippen molar-refractivity contribution in [2.24, 2.45) is 0 Å². The molecule has 3 aliphatic rings. The molecule has 0 radical (unpaired) electrons. The SMILES string of the molecule is O=C(CN1CCOCC1)Nc1ccc(OC2CCN(C3CCCC3)CC2)cc1F. The second-order valence-electron chi connectivity index (χ2n) is 8.37. The number of morpholine rings is 1. The molecule has 1 aliphatic carbocycles. The lowest BCUT2D eigenvalue weighted by Crippen LogP contribution is -2.43. The van der Waals surface area contributed by atoms with E-state index in [-0.39, 0.29) is 24.2 Å². The molecule has 1 saturated carbocycles. The molecule has 0 bridgehead atoms. The van der Waals surface area contributed by atoms with Crippen LogP contribution in [0.3, 0.4) is 0 Å². The molecule has 1 aromatic rings. The van der Waals surface area contributed by atoms with E-state index in [0.717, 1.165) is 45.1 Å². The van der Waals surface area contributed by atoms with Crippen molar-refractivity contribution in [2.45, 2.75) is 50.7 Å². The van der Waals surface area contributed by atoms with Crippen LogP contribution in [0.15, 0.2) is 18.2 Å². The van der Waals surface area contributed by atoms with Crippen LogP contribution in [0.25, 0.3) is 0 Å². The molecule has 0 atom stereocenters. The highest BCUT2D eigenvalue weighted by Crippen LogP contribution is 2.28. The molecule has 160 valence electrons. The Kier molecular flexibility index (Phi) is 7.00. The molecule has 2 saturated heterocycles. The number of anilines is 1. The van der Waals surface area contributed by atoms with Crippen molar-refractivity contribution in [1.82, 2.24) is 9.80 Å². The Morgan fingerprint density at radius 1 is 1.10 bits per heavy atom. The number of benzene rings is 1. The second-order valence-corrected chi connectivity index (χ2v) is 8.37. The summed E-state index contributed by atoms with van der Waals surface area (Å²) in [6.07, 6.45) is 7.47. The number of amides is 1. The first kappa shape index (κ1) is 20.6. The summed E-state index contributed by atoms with van der Waals surface area (Å²) in [7, 11) is 0. The molecular formula is C22H32FN3O3. The number of hydrogen-bond donors (Lipinski definition) is 1. The van der Waals surface area contributed by atoms with Gasteiger partial charge in [-0.25, -0.2) is 4.39 Å². The summed E-state index contributed by atoms with van der Waals surface area (Å²) in [6, 6.07) is 5.48. The maximum absolute atomic E-state index is 14.5. The van der Waals surface area contributed by atoms with Crippen molar-refractivity contribution < 1.29 is 18.7 Å². The van der Waals surface area contributed by atoms with Gasteiger partial charge in [0, 0.05) is 38.3 Å². The molecule has 0 spiro atoms. The minimum atomic E-state index is -0.457. The Bertz CT molecular complexity index is 682. The van der Waals surface area contributed by atoms with Gasteiger partial charge in [0.05, 0.1) is 25.4 Å².